The minimum atomic E-state index is -1.38. The number of nitrogens with two attached hydrogens (primary N) is 1. The third kappa shape index (κ3) is 6.68. The molecule has 8 nitrogen and oxygen atoms in total. The van der Waals surface area contributed by atoms with E-state index in [1.807, 2.05) is 39.2 Å². The molecule has 1 aromatic carbocycles. The maximum atomic E-state index is 12.3. The largest absolute Gasteiger partial charge is 0.471 e. The summed E-state index contributed by atoms with van der Waals surface area (Å²) < 4.78 is 6.72. The van der Waals surface area contributed by atoms with Crippen LogP contribution in [0.15, 0.2) is 30.3 Å². The van der Waals surface area contributed by atoms with Crippen molar-refractivity contribution >= 4 is 28.3 Å². The van der Waals surface area contributed by atoms with E-state index >= 15 is 0 Å². The Labute approximate surface area is 237 Å². The van der Waals surface area contributed by atoms with E-state index < -0.39 is 28.9 Å². The average Bonchev–Trinajstić information content (AvgIpc) is 3.29. The van der Waals surface area contributed by atoms with E-state index in [1.165, 1.54) is 0 Å². The Morgan fingerprint density at radius 1 is 1.33 bits per heavy atom. The van der Waals surface area contributed by atoms with Gasteiger partial charge in [0.1, 0.15) is 25.3 Å². The number of pyridine rings is 1. The molecule has 0 spiro atoms. The summed E-state index contributed by atoms with van der Waals surface area (Å²) in [4.78, 5) is 19.3. The SMILES string of the molecule is CCCCc1cc2ccccc2c(OCC[N+](C)(C)C[C@@]2(O)C(Cl)C(C(N)=O)C[C@H](C)C2N2CC[C@@H](O)C2)n1. The Hall–Kier alpha value is -1.97. The third-order valence-electron chi connectivity index (χ3n) is 8.62. The van der Waals surface area contributed by atoms with E-state index in [0.717, 1.165) is 35.7 Å². The van der Waals surface area contributed by atoms with Crippen LogP contribution in [0.2, 0.25) is 0 Å². The Bertz CT molecular complexity index is 1150. The highest BCUT2D eigenvalue weighted by atomic mass is 35.5. The van der Waals surface area contributed by atoms with E-state index in [0.29, 0.717) is 56.0 Å². The summed E-state index contributed by atoms with van der Waals surface area (Å²) in [5.41, 5.74) is 5.39. The van der Waals surface area contributed by atoms with Crippen LogP contribution in [0.25, 0.3) is 10.8 Å². The molecule has 0 radical (unpaired) electrons. The summed E-state index contributed by atoms with van der Waals surface area (Å²) in [6.45, 7) is 6.73. The van der Waals surface area contributed by atoms with Gasteiger partial charge in [-0.2, -0.15) is 0 Å². The van der Waals surface area contributed by atoms with Crippen LogP contribution >= 0.6 is 11.6 Å². The number of likely N-dealkylation sites (tertiary alicyclic amines) is 1. The number of aliphatic hydroxyl groups excluding tert-OH is 1. The molecule has 2 heterocycles. The first-order chi connectivity index (χ1) is 18.4. The molecule has 0 bridgehead atoms. The van der Waals surface area contributed by atoms with Gasteiger partial charge in [-0.3, -0.25) is 9.69 Å². The molecule has 4 N–H and O–H groups in total. The number of hydrogen-bond acceptors (Lipinski definition) is 6. The lowest BCUT2D eigenvalue weighted by molar-refractivity contribution is -0.897. The summed E-state index contributed by atoms with van der Waals surface area (Å²) in [5, 5.41) is 23.8. The van der Waals surface area contributed by atoms with E-state index in [9.17, 15) is 15.0 Å². The molecule has 6 atom stereocenters. The molecule has 2 aromatic rings. The van der Waals surface area contributed by atoms with Crippen LogP contribution in [-0.4, -0.2) is 100 Å². The minimum absolute atomic E-state index is 0.00882. The zero-order valence-corrected chi connectivity index (χ0v) is 24.6. The Kier molecular flexibility index (Phi) is 9.44. The highest BCUT2D eigenvalue weighted by molar-refractivity contribution is 6.23. The number of amides is 1. The number of hydrogen-bond donors (Lipinski definition) is 3. The van der Waals surface area contributed by atoms with Crippen molar-refractivity contribution in [2.45, 2.75) is 69.1 Å². The Balaban J connectivity index is 1.52. The van der Waals surface area contributed by atoms with Gasteiger partial charge in [0.05, 0.1) is 31.5 Å². The first kappa shape index (κ1) is 30.0. The summed E-state index contributed by atoms with van der Waals surface area (Å²) >= 11 is 6.93. The first-order valence-electron chi connectivity index (χ1n) is 14.4. The number of primary amides is 1. The van der Waals surface area contributed by atoms with Crippen LogP contribution in [0.5, 0.6) is 5.88 Å². The standard InChI is InChI=1S/C30H45ClN4O4/c1-5-6-10-22-17-21-9-7-8-11-24(21)29(33-22)39-15-14-35(3,4)19-30(38)26(31)25(28(32)37)16-20(2)27(30)34-13-12-23(36)18-34/h7-9,11,17,20,23,25-27,36,38H,5-6,10,12-16,18-19H2,1-4H3,(H-,32,37)/p+1/t20-,23+,25?,26?,27?,30+/m0/s1. The van der Waals surface area contributed by atoms with Crippen LogP contribution in [0.3, 0.4) is 0 Å². The van der Waals surface area contributed by atoms with Crippen molar-refractivity contribution in [2.24, 2.45) is 17.6 Å². The van der Waals surface area contributed by atoms with Crippen molar-refractivity contribution in [3.8, 4) is 5.88 Å². The van der Waals surface area contributed by atoms with Crippen molar-refractivity contribution in [3.63, 3.8) is 0 Å². The number of quaternary nitrogens is 1. The Morgan fingerprint density at radius 3 is 2.74 bits per heavy atom. The number of rotatable bonds is 11. The number of halogens is 1. The third-order valence-corrected chi connectivity index (χ3v) is 9.31. The summed E-state index contributed by atoms with van der Waals surface area (Å²) in [5.74, 6) is -0.467. The first-order valence-corrected chi connectivity index (χ1v) is 14.8. The lowest BCUT2D eigenvalue weighted by Gasteiger charge is -2.54. The van der Waals surface area contributed by atoms with Gasteiger partial charge in [0.25, 0.3) is 0 Å². The number of unbranched alkanes of at least 4 members (excludes halogenated alkanes) is 1. The number of β-amino-alcohol motifs (C(OH)–C–C–N with tert-alkyl or cyclic N) is 1. The molecule has 39 heavy (non-hydrogen) atoms. The normalized spacial score (nSPS) is 30.1. The topological polar surface area (TPSA) is 109 Å². The molecule has 1 aromatic heterocycles. The highest BCUT2D eigenvalue weighted by Gasteiger charge is 2.59. The molecule has 3 unspecified atom stereocenters. The van der Waals surface area contributed by atoms with Gasteiger partial charge in [-0.1, -0.05) is 38.5 Å². The zero-order chi connectivity index (χ0) is 28.4. The van der Waals surface area contributed by atoms with Crippen LogP contribution in [0.1, 0.15) is 45.2 Å². The van der Waals surface area contributed by atoms with Gasteiger partial charge >= 0.3 is 0 Å². The van der Waals surface area contributed by atoms with Gasteiger partial charge in [-0.05, 0) is 49.1 Å². The molecule has 2 aliphatic rings. The molecule has 1 saturated carbocycles. The second kappa shape index (κ2) is 12.3. The summed E-state index contributed by atoms with van der Waals surface area (Å²) in [6.07, 6.45) is 3.85. The molecular formula is C30H46ClN4O4+. The van der Waals surface area contributed by atoms with E-state index in [1.54, 1.807) is 0 Å². The van der Waals surface area contributed by atoms with Crippen molar-refractivity contribution in [1.82, 2.24) is 9.88 Å². The monoisotopic (exact) mass is 561 g/mol. The summed E-state index contributed by atoms with van der Waals surface area (Å²) in [7, 11) is 4.09. The maximum absolute atomic E-state index is 12.3. The molecule has 216 valence electrons. The highest BCUT2D eigenvalue weighted by Crippen LogP contribution is 2.44. The van der Waals surface area contributed by atoms with Crippen LogP contribution in [-0.2, 0) is 11.2 Å². The fourth-order valence-corrected chi connectivity index (χ4v) is 7.19. The van der Waals surface area contributed by atoms with Crippen molar-refractivity contribution in [2.75, 3.05) is 46.9 Å². The average molecular weight is 562 g/mol. The van der Waals surface area contributed by atoms with Gasteiger partial charge in [-0.25, -0.2) is 4.98 Å². The molecule has 4 rings (SSSR count). The predicted molar refractivity (Wildman–Crippen MR) is 155 cm³/mol. The molecular weight excluding hydrogens is 516 g/mol. The number of nitrogens with zero attached hydrogens (tertiary/aromatic N) is 3. The summed E-state index contributed by atoms with van der Waals surface area (Å²) in [6, 6.07) is 10.00. The number of likely N-dealkylation sites (N-methyl/N-ethyl adjacent to an activating group) is 1. The Morgan fingerprint density at radius 2 is 2.08 bits per heavy atom. The molecule has 1 amide bonds. The molecule has 2 fully saturated rings. The number of aliphatic hydroxyl groups is 2. The number of fused-ring (bicyclic) bond motifs is 1. The number of aryl methyl sites for hydroxylation is 1. The van der Waals surface area contributed by atoms with Gasteiger partial charge in [0, 0.05) is 30.2 Å². The van der Waals surface area contributed by atoms with Gasteiger partial charge in [0.2, 0.25) is 11.8 Å². The van der Waals surface area contributed by atoms with Gasteiger partial charge in [-0.15, -0.1) is 11.6 Å². The van der Waals surface area contributed by atoms with Crippen molar-refractivity contribution in [3.05, 3.63) is 36.0 Å². The minimum Gasteiger partial charge on any atom is -0.471 e. The fourth-order valence-electron chi connectivity index (χ4n) is 6.76. The number of carbonyl (C=O) groups excluding carboxylic acids is 1. The number of benzene rings is 1. The number of carbonyl (C=O) groups is 1. The van der Waals surface area contributed by atoms with Crippen molar-refractivity contribution in [1.29, 1.82) is 0 Å². The quantitative estimate of drug-likeness (QED) is 0.287. The maximum Gasteiger partial charge on any atom is 0.222 e. The zero-order valence-electron chi connectivity index (χ0n) is 23.9. The van der Waals surface area contributed by atoms with E-state index in [4.69, 9.17) is 27.1 Å². The lowest BCUT2D eigenvalue weighted by Crippen LogP contribution is -2.71. The lowest BCUT2D eigenvalue weighted by atomic mass is 9.67. The van der Waals surface area contributed by atoms with Gasteiger partial charge < -0.3 is 25.2 Å². The number of alkyl halides is 1. The number of ether oxygens (including phenoxy) is 1. The van der Waals surface area contributed by atoms with Crippen molar-refractivity contribution < 1.29 is 24.2 Å². The van der Waals surface area contributed by atoms with Gasteiger partial charge in [0.15, 0.2) is 0 Å². The molecule has 9 heteroatoms. The smallest absolute Gasteiger partial charge is 0.222 e. The van der Waals surface area contributed by atoms with Crippen LogP contribution in [0, 0.1) is 11.8 Å². The number of aromatic nitrogens is 1. The fraction of sp³-hybridized carbons (Fsp3) is 0.667. The van der Waals surface area contributed by atoms with E-state index in [-0.39, 0.29) is 12.0 Å². The van der Waals surface area contributed by atoms with E-state index in [2.05, 4.69) is 24.0 Å². The predicted octanol–water partition coefficient (Wildman–Crippen LogP) is 2.95. The van der Waals surface area contributed by atoms with Crippen LogP contribution in [0.4, 0.5) is 0 Å². The molecule has 1 aliphatic heterocycles. The second-order valence-electron chi connectivity index (χ2n) is 12.4. The molecule has 1 saturated heterocycles. The van der Waals surface area contributed by atoms with Crippen LogP contribution < -0.4 is 10.5 Å². The molecule has 1 aliphatic carbocycles. The second-order valence-corrected chi connectivity index (χ2v) is 12.9.